The van der Waals surface area contributed by atoms with Gasteiger partial charge in [-0.25, -0.2) is 0 Å². The molecule has 92 valence electrons. The lowest BCUT2D eigenvalue weighted by Gasteiger charge is -2.14. The average Bonchev–Trinajstić information content (AvgIpc) is 3.06. The van der Waals surface area contributed by atoms with E-state index in [-0.39, 0.29) is 17.9 Å². The summed E-state index contributed by atoms with van der Waals surface area (Å²) < 4.78 is 0. The Hall–Kier alpha value is -1.31. The highest BCUT2D eigenvalue weighted by molar-refractivity contribution is 5.81. The molecule has 1 aromatic carbocycles. The molecule has 0 saturated heterocycles. The second-order valence-corrected chi connectivity index (χ2v) is 5.14. The first kappa shape index (κ1) is 12.2. The molecule has 0 heterocycles. The van der Waals surface area contributed by atoms with E-state index in [0.717, 1.165) is 12.8 Å². The molecule has 0 unspecified atom stereocenters. The van der Waals surface area contributed by atoms with Gasteiger partial charge in [-0.15, -0.1) is 0 Å². The molecule has 0 aliphatic heterocycles. The van der Waals surface area contributed by atoms with Crippen LogP contribution in [-0.2, 0) is 11.2 Å². The van der Waals surface area contributed by atoms with Gasteiger partial charge in [-0.2, -0.15) is 0 Å². The molecule has 0 bridgehead atoms. The smallest absolute Gasteiger partial charge is 0.223 e. The Bertz CT molecular complexity index is 396. The number of hydrogen-bond acceptors (Lipinski definition) is 1. The Labute approximate surface area is 103 Å². The largest absolute Gasteiger partial charge is 0.349 e. The molecule has 2 rings (SSSR count). The first-order valence-corrected chi connectivity index (χ1v) is 6.51. The Balaban J connectivity index is 1.94. The van der Waals surface area contributed by atoms with E-state index < -0.39 is 0 Å². The molecule has 2 heteroatoms. The number of rotatable bonds is 4. The Kier molecular flexibility index (Phi) is 3.51. The molecule has 1 fully saturated rings. The predicted octanol–water partition coefficient (Wildman–Crippen LogP) is 3.08. The van der Waals surface area contributed by atoms with Crippen molar-refractivity contribution in [2.24, 2.45) is 11.8 Å². The maximum absolute atomic E-state index is 11.8. The van der Waals surface area contributed by atoms with Gasteiger partial charge >= 0.3 is 0 Å². The van der Waals surface area contributed by atoms with E-state index in [0.29, 0.717) is 5.92 Å². The van der Waals surface area contributed by atoms with Crippen LogP contribution >= 0.6 is 0 Å². The van der Waals surface area contributed by atoms with Gasteiger partial charge in [0.25, 0.3) is 0 Å². The highest BCUT2D eigenvalue weighted by atomic mass is 16.2. The van der Waals surface area contributed by atoms with Gasteiger partial charge in [0.05, 0.1) is 6.04 Å². The van der Waals surface area contributed by atoms with Gasteiger partial charge in [-0.3, -0.25) is 4.79 Å². The number of carbonyl (C=O) groups excluding carboxylic acids is 1. The van der Waals surface area contributed by atoms with Crippen LogP contribution in [0.3, 0.4) is 0 Å². The van der Waals surface area contributed by atoms with Crippen molar-refractivity contribution in [3.8, 4) is 0 Å². The molecule has 2 nitrogen and oxygen atoms in total. The summed E-state index contributed by atoms with van der Waals surface area (Å²) in [4.78, 5) is 11.8. The standard InChI is InChI=1S/C15H21NO/c1-4-12-5-7-13(8-6-12)11(3)16-15(17)14-9-10(14)2/h5-8,10-11,14H,4,9H2,1-3H3,(H,16,17)/t10-,11+,14+/m1/s1. The summed E-state index contributed by atoms with van der Waals surface area (Å²) in [6.45, 7) is 6.32. The van der Waals surface area contributed by atoms with Gasteiger partial charge in [0, 0.05) is 5.92 Å². The lowest BCUT2D eigenvalue weighted by Crippen LogP contribution is -2.28. The van der Waals surface area contributed by atoms with Crippen molar-refractivity contribution in [2.45, 2.75) is 39.7 Å². The summed E-state index contributed by atoms with van der Waals surface area (Å²) in [7, 11) is 0. The third-order valence-corrected chi connectivity index (χ3v) is 3.69. The molecule has 1 saturated carbocycles. The highest BCUT2D eigenvalue weighted by Gasteiger charge is 2.39. The van der Waals surface area contributed by atoms with Crippen LogP contribution in [0.2, 0.25) is 0 Å². The van der Waals surface area contributed by atoms with Crippen LogP contribution in [0.15, 0.2) is 24.3 Å². The zero-order chi connectivity index (χ0) is 12.4. The van der Waals surface area contributed by atoms with E-state index >= 15 is 0 Å². The summed E-state index contributed by atoms with van der Waals surface area (Å²) in [5.41, 5.74) is 2.52. The molecule has 0 aromatic heterocycles. The quantitative estimate of drug-likeness (QED) is 0.847. The van der Waals surface area contributed by atoms with Gasteiger partial charge in [0.1, 0.15) is 0 Å². The monoisotopic (exact) mass is 231 g/mol. The molecule has 17 heavy (non-hydrogen) atoms. The van der Waals surface area contributed by atoms with Crippen molar-refractivity contribution in [3.63, 3.8) is 0 Å². The van der Waals surface area contributed by atoms with Gasteiger partial charge in [-0.1, -0.05) is 38.1 Å². The summed E-state index contributed by atoms with van der Waals surface area (Å²) in [6.07, 6.45) is 2.11. The maximum atomic E-state index is 11.8. The Morgan fingerprint density at radius 2 is 2.00 bits per heavy atom. The third kappa shape index (κ3) is 2.87. The van der Waals surface area contributed by atoms with Crippen molar-refractivity contribution in [1.29, 1.82) is 0 Å². The predicted molar refractivity (Wildman–Crippen MR) is 69.6 cm³/mol. The molecule has 1 aliphatic carbocycles. The second-order valence-electron chi connectivity index (χ2n) is 5.14. The van der Waals surface area contributed by atoms with Gasteiger partial charge < -0.3 is 5.32 Å². The number of carbonyl (C=O) groups is 1. The van der Waals surface area contributed by atoms with E-state index in [4.69, 9.17) is 0 Å². The summed E-state index contributed by atoms with van der Waals surface area (Å²) in [5.74, 6) is 1.04. The summed E-state index contributed by atoms with van der Waals surface area (Å²) in [6, 6.07) is 8.61. The number of benzene rings is 1. The number of aryl methyl sites for hydroxylation is 1. The SMILES string of the molecule is CCc1ccc([C@H](C)NC(=O)[C@H]2C[C@H]2C)cc1. The fourth-order valence-corrected chi connectivity index (χ4v) is 2.13. The zero-order valence-electron chi connectivity index (χ0n) is 10.9. The van der Waals surface area contributed by atoms with Crippen molar-refractivity contribution in [3.05, 3.63) is 35.4 Å². The van der Waals surface area contributed by atoms with Gasteiger partial charge in [0.2, 0.25) is 5.91 Å². The first-order chi connectivity index (χ1) is 8.11. The van der Waals surface area contributed by atoms with Crippen molar-refractivity contribution >= 4 is 5.91 Å². The minimum absolute atomic E-state index is 0.112. The molecular weight excluding hydrogens is 210 g/mol. The third-order valence-electron chi connectivity index (χ3n) is 3.69. The van der Waals surface area contributed by atoms with E-state index in [9.17, 15) is 4.79 Å². The van der Waals surface area contributed by atoms with Crippen molar-refractivity contribution in [1.82, 2.24) is 5.32 Å². The zero-order valence-corrected chi connectivity index (χ0v) is 10.9. The first-order valence-electron chi connectivity index (χ1n) is 6.51. The molecule has 3 atom stereocenters. The molecule has 1 amide bonds. The van der Waals surface area contributed by atoms with Crippen LogP contribution in [0.25, 0.3) is 0 Å². The lowest BCUT2D eigenvalue weighted by atomic mass is 10.0. The minimum atomic E-state index is 0.112. The maximum Gasteiger partial charge on any atom is 0.223 e. The van der Waals surface area contributed by atoms with Crippen LogP contribution in [0.1, 0.15) is 44.4 Å². The van der Waals surface area contributed by atoms with Crippen LogP contribution in [0.5, 0.6) is 0 Å². The molecule has 1 N–H and O–H groups in total. The number of nitrogens with one attached hydrogen (secondary N) is 1. The van der Waals surface area contributed by atoms with E-state index in [2.05, 4.69) is 43.4 Å². The molecule has 0 spiro atoms. The van der Waals surface area contributed by atoms with E-state index in [1.165, 1.54) is 11.1 Å². The van der Waals surface area contributed by atoms with Crippen LogP contribution in [-0.4, -0.2) is 5.91 Å². The number of amides is 1. The van der Waals surface area contributed by atoms with Crippen molar-refractivity contribution in [2.75, 3.05) is 0 Å². The minimum Gasteiger partial charge on any atom is -0.349 e. The molecule has 0 radical (unpaired) electrons. The topological polar surface area (TPSA) is 29.1 Å². The number of hydrogen-bond donors (Lipinski definition) is 1. The van der Waals surface area contributed by atoms with Crippen LogP contribution < -0.4 is 5.32 Å². The van der Waals surface area contributed by atoms with E-state index in [1.807, 2.05) is 6.92 Å². The fourth-order valence-electron chi connectivity index (χ4n) is 2.13. The van der Waals surface area contributed by atoms with Crippen molar-refractivity contribution < 1.29 is 4.79 Å². The Morgan fingerprint density at radius 3 is 2.47 bits per heavy atom. The normalized spacial score (nSPS) is 24.2. The van der Waals surface area contributed by atoms with Crippen LogP contribution in [0, 0.1) is 11.8 Å². The summed E-state index contributed by atoms with van der Waals surface area (Å²) >= 11 is 0. The second kappa shape index (κ2) is 4.91. The fraction of sp³-hybridized carbons (Fsp3) is 0.533. The lowest BCUT2D eigenvalue weighted by molar-refractivity contribution is -0.123. The van der Waals surface area contributed by atoms with Gasteiger partial charge in [0.15, 0.2) is 0 Å². The molecule has 1 aliphatic rings. The molecule has 1 aromatic rings. The Morgan fingerprint density at radius 1 is 1.41 bits per heavy atom. The van der Waals surface area contributed by atoms with Crippen LogP contribution in [0.4, 0.5) is 0 Å². The molecular formula is C15H21NO. The highest BCUT2D eigenvalue weighted by Crippen LogP contribution is 2.38. The summed E-state index contributed by atoms with van der Waals surface area (Å²) in [5, 5.41) is 3.09. The van der Waals surface area contributed by atoms with E-state index in [1.54, 1.807) is 0 Å². The van der Waals surface area contributed by atoms with Gasteiger partial charge in [-0.05, 0) is 36.8 Å². The average molecular weight is 231 g/mol.